The number of aryl methyl sites for hydroxylation is 1. The molecule has 0 bridgehead atoms. The average Bonchev–Trinajstić information content (AvgIpc) is 2.47. The van der Waals surface area contributed by atoms with Crippen LogP contribution in [0.1, 0.15) is 12.0 Å². The van der Waals surface area contributed by atoms with Gasteiger partial charge in [0.2, 0.25) is 0 Å². The Labute approximate surface area is 133 Å². The summed E-state index contributed by atoms with van der Waals surface area (Å²) in [6, 6.07) is 8.82. The van der Waals surface area contributed by atoms with Crippen LogP contribution in [0.5, 0.6) is 0 Å². The molecule has 0 amide bonds. The van der Waals surface area contributed by atoms with Crippen molar-refractivity contribution in [2.45, 2.75) is 37.4 Å². The van der Waals surface area contributed by atoms with Crippen molar-refractivity contribution in [1.82, 2.24) is 0 Å². The highest BCUT2D eigenvalue weighted by atomic mass is 19.4. The Bertz CT molecular complexity index is 524. The first-order valence-electron chi connectivity index (χ1n) is 6.71. The van der Waals surface area contributed by atoms with Crippen molar-refractivity contribution in [3.05, 3.63) is 48.6 Å². The molecular formula is C15H14F6O3. The lowest BCUT2D eigenvalue weighted by atomic mass is 10.1. The number of carbonyl (C=O) groups is 1. The van der Waals surface area contributed by atoms with E-state index in [1.165, 1.54) is 0 Å². The number of ether oxygens (including phenoxy) is 2. The van der Waals surface area contributed by atoms with Crippen LogP contribution in [0.15, 0.2) is 43.0 Å². The molecule has 0 heterocycles. The number of halogens is 6. The van der Waals surface area contributed by atoms with Crippen molar-refractivity contribution >= 4 is 6.16 Å². The second-order valence-corrected chi connectivity index (χ2v) is 4.75. The highest BCUT2D eigenvalue weighted by Gasteiger charge is 2.60. The van der Waals surface area contributed by atoms with Crippen molar-refractivity contribution in [3.8, 4) is 0 Å². The molecule has 1 rings (SSSR count). The van der Waals surface area contributed by atoms with Crippen LogP contribution in [0, 0.1) is 0 Å². The lowest BCUT2D eigenvalue weighted by Gasteiger charge is -2.23. The van der Waals surface area contributed by atoms with Gasteiger partial charge in [-0.25, -0.2) is 4.79 Å². The minimum Gasteiger partial charge on any atom is -0.427 e. The molecule has 0 spiro atoms. The van der Waals surface area contributed by atoms with Crippen LogP contribution in [-0.2, 0) is 15.9 Å². The van der Waals surface area contributed by atoms with E-state index in [0.717, 1.165) is 11.6 Å². The molecule has 9 heteroatoms. The van der Waals surface area contributed by atoms with Gasteiger partial charge in [0.1, 0.15) is 6.10 Å². The van der Waals surface area contributed by atoms with E-state index in [4.69, 9.17) is 0 Å². The maximum atomic E-state index is 12.3. The molecule has 0 aliphatic carbocycles. The van der Waals surface area contributed by atoms with E-state index >= 15 is 0 Å². The number of alkyl halides is 6. The van der Waals surface area contributed by atoms with Crippen molar-refractivity contribution in [3.63, 3.8) is 0 Å². The highest BCUT2D eigenvalue weighted by molar-refractivity contribution is 5.60. The van der Waals surface area contributed by atoms with Gasteiger partial charge in [0.15, 0.2) is 0 Å². The molecule has 3 nitrogen and oxygen atoms in total. The molecule has 1 aromatic rings. The average molecular weight is 356 g/mol. The van der Waals surface area contributed by atoms with Gasteiger partial charge in [0.25, 0.3) is 6.10 Å². The Kier molecular flexibility index (Phi) is 6.68. The van der Waals surface area contributed by atoms with E-state index < -0.39 is 30.7 Å². The molecule has 0 saturated heterocycles. The van der Waals surface area contributed by atoms with Gasteiger partial charge in [0, 0.05) is 0 Å². The van der Waals surface area contributed by atoms with Crippen LogP contribution in [0.2, 0.25) is 0 Å². The minimum absolute atomic E-state index is 0.130. The first kappa shape index (κ1) is 19.9. The van der Waals surface area contributed by atoms with Gasteiger partial charge in [-0.05, 0) is 18.4 Å². The summed E-state index contributed by atoms with van der Waals surface area (Å²) in [7, 11) is 0. The van der Waals surface area contributed by atoms with Gasteiger partial charge in [-0.2, -0.15) is 26.3 Å². The fraction of sp³-hybridized carbons (Fsp3) is 0.400. The highest BCUT2D eigenvalue weighted by Crippen LogP contribution is 2.36. The summed E-state index contributed by atoms with van der Waals surface area (Å²) >= 11 is 0. The molecule has 0 radical (unpaired) electrons. The van der Waals surface area contributed by atoms with Crippen LogP contribution in [0.25, 0.3) is 0 Å². The van der Waals surface area contributed by atoms with Gasteiger partial charge >= 0.3 is 18.5 Å². The zero-order chi connectivity index (χ0) is 18.4. The number of carbonyl (C=O) groups excluding carboxylic acids is 1. The number of rotatable bonds is 6. The Morgan fingerprint density at radius 3 is 2.04 bits per heavy atom. The third-order valence-corrected chi connectivity index (χ3v) is 2.88. The first-order chi connectivity index (χ1) is 11.0. The molecule has 0 fully saturated rings. The lowest BCUT2D eigenvalue weighted by Crippen LogP contribution is -2.46. The summed E-state index contributed by atoms with van der Waals surface area (Å²) < 4.78 is 81.6. The van der Waals surface area contributed by atoms with Crippen molar-refractivity contribution in [2.75, 3.05) is 0 Å². The van der Waals surface area contributed by atoms with Gasteiger partial charge in [-0.3, -0.25) is 0 Å². The minimum atomic E-state index is -5.79. The molecule has 0 N–H and O–H groups in total. The van der Waals surface area contributed by atoms with Gasteiger partial charge in [0.05, 0.1) is 0 Å². The maximum absolute atomic E-state index is 12.3. The molecule has 0 saturated carbocycles. The zero-order valence-electron chi connectivity index (χ0n) is 12.2. The van der Waals surface area contributed by atoms with E-state index in [0.29, 0.717) is 6.42 Å². The second-order valence-electron chi connectivity index (χ2n) is 4.75. The van der Waals surface area contributed by atoms with Crippen LogP contribution in [-0.4, -0.2) is 30.7 Å². The smallest absolute Gasteiger partial charge is 0.427 e. The van der Waals surface area contributed by atoms with Gasteiger partial charge in [-0.15, -0.1) is 0 Å². The van der Waals surface area contributed by atoms with Crippen LogP contribution >= 0.6 is 0 Å². The fourth-order valence-electron chi connectivity index (χ4n) is 1.75. The molecule has 134 valence electrons. The van der Waals surface area contributed by atoms with E-state index in [1.54, 1.807) is 30.3 Å². The zero-order valence-corrected chi connectivity index (χ0v) is 12.2. The number of benzene rings is 1. The number of hydrogen-bond acceptors (Lipinski definition) is 3. The van der Waals surface area contributed by atoms with Crippen molar-refractivity contribution < 1.29 is 40.6 Å². The van der Waals surface area contributed by atoms with Crippen LogP contribution in [0.3, 0.4) is 0 Å². The predicted octanol–water partition coefficient (Wildman–Crippen LogP) is 4.82. The second kappa shape index (κ2) is 8.07. The molecular weight excluding hydrogens is 342 g/mol. The Morgan fingerprint density at radius 1 is 1.04 bits per heavy atom. The van der Waals surface area contributed by atoms with E-state index in [-0.39, 0.29) is 6.42 Å². The molecule has 24 heavy (non-hydrogen) atoms. The Balaban J connectivity index is 2.61. The fourth-order valence-corrected chi connectivity index (χ4v) is 1.75. The molecule has 0 aliphatic rings. The molecule has 1 unspecified atom stereocenters. The van der Waals surface area contributed by atoms with E-state index in [2.05, 4.69) is 16.1 Å². The molecule has 1 aromatic carbocycles. The van der Waals surface area contributed by atoms with Crippen LogP contribution in [0.4, 0.5) is 31.1 Å². The largest absolute Gasteiger partial charge is 0.509 e. The third-order valence-electron chi connectivity index (χ3n) is 2.88. The monoisotopic (exact) mass is 356 g/mol. The van der Waals surface area contributed by atoms with E-state index in [1.807, 2.05) is 0 Å². The predicted molar refractivity (Wildman–Crippen MR) is 72.2 cm³/mol. The summed E-state index contributed by atoms with van der Waals surface area (Å²) in [6.07, 6.45) is -17.3. The summed E-state index contributed by atoms with van der Waals surface area (Å²) in [5.41, 5.74) is 0.852. The van der Waals surface area contributed by atoms with Gasteiger partial charge < -0.3 is 9.47 Å². The third kappa shape index (κ3) is 6.51. The van der Waals surface area contributed by atoms with Crippen LogP contribution < -0.4 is 0 Å². The Morgan fingerprint density at radius 2 is 1.58 bits per heavy atom. The van der Waals surface area contributed by atoms with E-state index in [9.17, 15) is 31.1 Å². The summed E-state index contributed by atoms with van der Waals surface area (Å²) in [5.74, 6) is 0. The molecule has 1 atom stereocenters. The maximum Gasteiger partial charge on any atom is 0.509 e. The Hall–Kier alpha value is -2.19. The summed E-state index contributed by atoms with van der Waals surface area (Å²) in [5, 5.41) is 0. The molecule has 0 aromatic heterocycles. The lowest BCUT2D eigenvalue weighted by molar-refractivity contribution is -0.310. The molecule has 0 aliphatic heterocycles. The summed E-state index contributed by atoms with van der Waals surface area (Å²) in [6.45, 7) is 3.33. The van der Waals surface area contributed by atoms with Crippen molar-refractivity contribution in [1.29, 1.82) is 0 Å². The normalized spacial score (nSPS) is 13.5. The van der Waals surface area contributed by atoms with Crippen molar-refractivity contribution in [2.24, 2.45) is 0 Å². The first-order valence-corrected chi connectivity index (χ1v) is 6.71. The number of hydrogen-bond donors (Lipinski definition) is 0. The van der Waals surface area contributed by atoms with Gasteiger partial charge in [-0.1, -0.05) is 43.0 Å². The standard InChI is InChI=1S/C15H14F6O3/c1-2-11(9-8-10-6-4-3-5-7-10)23-13(22)24-12(14(16,17)18)15(19,20)21/h2-7,11-12H,1,8-9H2. The summed E-state index contributed by atoms with van der Waals surface area (Å²) in [4.78, 5) is 11.2. The topological polar surface area (TPSA) is 35.5 Å². The quantitative estimate of drug-likeness (QED) is 0.416. The SMILES string of the molecule is C=CC(CCc1ccccc1)OC(=O)OC(C(F)(F)F)C(F)(F)F.